The molecule has 1 heterocycles. The molecule has 4 nitrogen and oxygen atoms in total. The smallest absolute Gasteiger partial charge is 0.186 e. The number of rotatable bonds is 4. The molecule has 0 aliphatic carbocycles. The monoisotopic (exact) mass is 199 g/mol. The van der Waals surface area contributed by atoms with E-state index in [9.17, 15) is 4.39 Å². The van der Waals surface area contributed by atoms with Crippen molar-refractivity contribution < 1.29 is 9.13 Å². The van der Waals surface area contributed by atoms with Crippen molar-refractivity contribution in [3.63, 3.8) is 0 Å². The van der Waals surface area contributed by atoms with Gasteiger partial charge in [-0.3, -0.25) is 0 Å². The van der Waals surface area contributed by atoms with E-state index in [-0.39, 0.29) is 5.82 Å². The van der Waals surface area contributed by atoms with Gasteiger partial charge in [-0.2, -0.15) is 0 Å². The molecule has 0 saturated heterocycles. The number of nitrogens with one attached hydrogen (secondary N) is 1. The summed E-state index contributed by atoms with van der Waals surface area (Å²) in [4.78, 5) is 7.94. The summed E-state index contributed by atoms with van der Waals surface area (Å²) >= 11 is 0. The van der Waals surface area contributed by atoms with Crippen molar-refractivity contribution in [3.05, 3.63) is 17.3 Å². The van der Waals surface area contributed by atoms with Crippen LogP contribution in [0.4, 0.5) is 10.2 Å². The third-order valence-electron chi connectivity index (χ3n) is 1.68. The van der Waals surface area contributed by atoms with E-state index in [2.05, 4.69) is 15.3 Å². The zero-order chi connectivity index (χ0) is 10.6. The highest BCUT2D eigenvalue weighted by atomic mass is 19.1. The fourth-order valence-electron chi connectivity index (χ4n) is 1.10. The van der Waals surface area contributed by atoms with Crippen LogP contribution in [0.5, 0.6) is 0 Å². The van der Waals surface area contributed by atoms with Gasteiger partial charge in [-0.1, -0.05) is 0 Å². The Morgan fingerprint density at radius 3 is 2.71 bits per heavy atom. The van der Waals surface area contributed by atoms with Crippen LogP contribution in [-0.2, 0) is 11.3 Å². The molecule has 0 fully saturated rings. The van der Waals surface area contributed by atoms with Crippen molar-refractivity contribution in [2.75, 3.05) is 19.0 Å². The van der Waals surface area contributed by atoms with Crippen LogP contribution in [-0.4, -0.2) is 23.6 Å². The fourth-order valence-corrected chi connectivity index (χ4v) is 1.10. The van der Waals surface area contributed by atoms with Gasteiger partial charge in [0.25, 0.3) is 0 Å². The molecular formula is C9H14FN3O. The molecule has 0 aliphatic heterocycles. The van der Waals surface area contributed by atoms with Crippen LogP contribution < -0.4 is 5.32 Å². The number of hydrogen-bond donors (Lipinski definition) is 1. The number of halogens is 1. The molecule has 0 aromatic carbocycles. The van der Waals surface area contributed by atoms with E-state index in [1.807, 2.05) is 6.92 Å². The molecule has 1 rings (SSSR count). The van der Waals surface area contributed by atoms with Crippen LogP contribution in [0.2, 0.25) is 0 Å². The molecule has 0 radical (unpaired) electrons. The predicted molar refractivity (Wildman–Crippen MR) is 51.6 cm³/mol. The summed E-state index contributed by atoms with van der Waals surface area (Å²) in [5.41, 5.74) is 0.336. The van der Waals surface area contributed by atoms with E-state index in [1.165, 1.54) is 0 Å². The van der Waals surface area contributed by atoms with Gasteiger partial charge in [0.05, 0.1) is 5.69 Å². The summed E-state index contributed by atoms with van der Waals surface area (Å²) in [5, 5.41) is 2.83. The minimum Gasteiger partial charge on any atom is -0.377 e. The summed E-state index contributed by atoms with van der Waals surface area (Å²) in [7, 11) is 1.55. The van der Waals surface area contributed by atoms with Crippen LogP contribution >= 0.6 is 0 Å². The second-order valence-corrected chi connectivity index (χ2v) is 2.85. The van der Waals surface area contributed by atoms with E-state index < -0.39 is 5.82 Å². The van der Waals surface area contributed by atoms with Crippen LogP contribution in [0, 0.1) is 12.7 Å². The van der Waals surface area contributed by atoms with E-state index in [0.717, 1.165) is 0 Å². The average molecular weight is 199 g/mol. The van der Waals surface area contributed by atoms with E-state index in [0.29, 0.717) is 24.7 Å². The Morgan fingerprint density at radius 1 is 1.43 bits per heavy atom. The Labute approximate surface area is 82.5 Å². The maximum atomic E-state index is 13.4. The van der Waals surface area contributed by atoms with Gasteiger partial charge in [-0.05, 0) is 13.8 Å². The van der Waals surface area contributed by atoms with Crippen molar-refractivity contribution in [3.8, 4) is 0 Å². The van der Waals surface area contributed by atoms with Gasteiger partial charge in [0.2, 0.25) is 0 Å². The minimum absolute atomic E-state index is 0.243. The molecule has 78 valence electrons. The Balaban J connectivity index is 3.01. The first-order valence-corrected chi connectivity index (χ1v) is 4.44. The number of hydrogen-bond acceptors (Lipinski definition) is 4. The number of aryl methyl sites for hydroxylation is 1. The van der Waals surface area contributed by atoms with Gasteiger partial charge in [0.1, 0.15) is 6.61 Å². The molecule has 0 spiro atoms. The zero-order valence-corrected chi connectivity index (χ0v) is 8.59. The Kier molecular flexibility index (Phi) is 3.76. The standard InChI is InChI=1S/C9H14FN3O/c1-4-11-9-8(10)6(2)12-7(13-9)5-14-3/h4-5H2,1-3H3,(H,11,12,13). The molecule has 0 amide bonds. The lowest BCUT2D eigenvalue weighted by Gasteiger charge is -2.07. The second-order valence-electron chi connectivity index (χ2n) is 2.85. The third-order valence-corrected chi connectivity index (χ3v) is 1.68. The number of nitrogens with zero attached hydrogens (tertiary/aromatic N) is 2. The lowest BCUT2D eigenvalue weighted by Crippen LogP contribution is -2.09. The van der Waals surface area contributed by atoms with Crippen LogP contribution in [0.1, 0.15) is 18.4 Å². The molecule has 1 N–H and O–H groups in total. The largest absolute Gasteiger partial charge is 0.377 e. The quantitative estimate of drug-likeness (QED) is 0.798. The van der Waals surface area contributed by atoms with Crippen LogP contribution in [0.15, 0.2) is 0 Å². The van der Waals surface area contributed by atoms with Crippen molar-refractivity contribution in [2.45, 2.75) is 20.5 Å². The van der Waals surface area contributed by atoms with Gasteiger partial charge < -0.3 is 10.1 Å². The number of methoxy groups -OCH3 is 1. The number of anilines is 1. The summed E-state index contributed by atoms with van der Waals surface area (Å²) in [6, 6.07) is 0. The average Bonchev–Trinajstić information content (AvgIpc) is 2.14. The lowest BCUT2D eigenvalue weighted by molar-refractivity contribution is 0.177. The normalized spacial score (nSPS) is 10.3. The second kappa shape index (κ2) is 4.85. The molecule has 0 atom stereocenters. The molecule has 1 aromatic heterocycles. The summed E-state index contributed by atoms with van der Waals surface area (Å²) in [6.07, 6.45) is 0. The minimum atomic E-state index is -0.397. The maximum absolute atomic E-state index is 13.4. The van der Waals surface area contributed by atoms with E-state index >= 15 is 0 Å². The molecule has 5 heteroatoms. The molecule has 1 aromatic rings. The predicted octanol–water partition coefficient (Wildman–Crippen LogP) is 1.50. The first-order valence-electron chi connectivity index (χ1n) is 4.44. The first-order chi connectivity index (χ1) is 6.69. The molecule has 14 heavy (non-hydrogen) atoms. The highest BCUT2D eigenvalue weighted by Gasteiger charge is 2.09. The van der Waals surface area contributed by atoms with Crippen LogP contribution in [0.25, 0.3) is 0 Å². The van der Waals surface area contributed by atoms with Gasteiger partial charge >= 0.3 is 0 Å². The van der Waals surface area contributed by atoms with Gasteiger partial charge in [-0.25, -0.2) is 14.4 Å². The van der Waals surface area contributed by atoms with Gasteiger partial charge in [0.15, 0.2) is 17.5 Å². The first kappa shape index (κ1) is 10.8. The SMILES string of the molecule is CCNc1nc(COC)nc(C)c1F. The van der Waals surface area contributed by atoms with Crippen molar-refractivity contribution in [2.24, 2.45) is 0 Å². The topological polar surface area (TPSA) is 47.0 Å². The Bertz CT molecular complexity index is 317. The van der Waals surface area contributed by atoms with Gasteiger partial charge in [-0.15, -0.1) is 0 Å². The van der Waals surface area contributed by atoms with Crippen molar-refractivity contribution >= 4 is 5.82 Å². The summed E-state index contributed by atoms with van der Waals surface area (Å²) < 4.78 is 18.3. The Morgan fingerprint density at radius 2 is 2.14 bits per heavy atom. The molecule has 0 unspecified atom stereocenters. The van der Waals surface area contributed by atoms with E-state index in [4.69, 9.17) is 4.74 Å². The highest BCUT2D eigenvalue weighted by Crippen LogP contribution is 2.13. The highest BCUT2D eigenvalue weighted by molar-refractivity contribution is 5.37. The Hall–Kier alpha value is -1.23. The molecular weight excluding hydrogens is 185 g/mol. The third kappa shape index (κ3) is 2.38. The van der Waals surface area contributed by atoms with Crippen LogP contribution in [0.3, 0.4) is 0 Å². The molecule has 0 bridgehead atoms. The van der Waals surface area contributed by atoms with Crippen molar-refractivity contribution in [1.82, 2.24) is 9.97 Å². The summed E-state index contributed by atoms with van der Waals surface area (Å²) in [6.45, 7) is 4.41. The van der Waals surface area contributed by atoms with E-state index in [1.54, 1.807) is 14.0 Å². The number of ether oxygens (including phenoxy) is 1. The fraction of sp³-hybridized carbons (Fsp3) is 0.556. The number of aromatic nitrogens is 2. The van der Waals surface area contributed by atoms with Crippen molar-refractivity contribution in [1.29, 1.82) is 0 Å². The maximum Gasteiger partial charge on any atom is 0.186 e. The van der Waals surface area contributed by atoms with Gasteiger partial charge in [0, 0.05) is 13.7 Å². The molecule has 0 saturated carbocycles. The zero-order valence-electron chi connectivity index (χ0n) is 8.59. The summed E-state index contributed by atoms with van der Waals surface area (Å²) in [5.74, 6) is 0.334. The lowest BCUT2D eigenvalue weighted by atomic mass is 10.4. The molecule has 0 aliphatic rings.